The van der Waals surface area contributed by atoms with E-state index in [-0.39, 0.29) is 19.4 Å². The SMILES string of the molecule is Cc1nc(Oc2ccc3c(c2)OCO3)ncc1CO. The second-order valence-corrected chi connectivity index (χ2v) is 4.04. The van der Waals surface area contributed by atoms with E-state index in [2.05, 4.69) is 9.97 Å². The van der Waals surface area contributed by atoms with Crippen molar-refractivity contribution in [3.8, 4) is 23.3 Å². The van der Waals surface area contributed by atoms with Crippen LogP contribution in [0.5, 0.6) is 23.3 Å². The molecule has 0 bridgehead atoms. The van der Waals surface area contributed by atoms with Gasteiger partial charge in [0.2, 0.25) is 6.79 Å². The highest BCUT2D eigenvalue weighted by Gasteiger charge is 2.14. The Balaban J connectivity index is 1.83. The molecule has 0 saturated carbocycles. The molecule has 0 spiro atoms. The predicted molar refractivity (Wildman–Crippen MR) is 65.3 cm³/mol. The molecule has 1 N–H and O–H groups in total. The van der Waals surface area contributed by atoms with Crippen LogP contribution < -0.4 is 14.2 Å². The van der Waals surface area contributed by atoms with E-state index in [0.29, 0.717) is 28.5 Å². The summed E-state index contributed by atoms with van der Waals surface area (Å²) in [6.45, 7) is 1.93. The summed E-state index contributed by atoms with van der Waals surface area (Å²) in [7, 11) is 0. The molecule has 0 aliphatic carbocycles. The number of aliphatic hydroxyl groups excluding tert-OH is 1. The number of rotatable bonds is 3. The highest BCUT2D eigenvalue weighted by molar-refractivity contribution is 5.47. The zero-order chi connectivity index (χ0) is 13.2. The van der Waals surface area contributed by atoms with Gasteiger partial charge in [0.05, 0.1) is 12.3 Å². The molecular weight excluding hydrogens is 248 g/mol. The van der Waals surface area contributed by atoms with Gasteiger partial charge in [-0.05, 0) is 19.1 Å². The van der Waals surface area contributed by atoms with Crippen molar-refractivity contribution in [2.45, 2.75) is 13.5 Å². The fourth-order valence-electron chi connectivity index (χ4n) is 1.72. The molecule has 2 heterocycles. The van der Waals surface area contributed by atoms with Crippen LogP contribution >= 0.6 is 0 Å². The third-order valence-corrected chi connectivity index (χ3v) is 2.78. The molecule has 1 aliphatic rings. The molecular formula is C13H12N2O4. The minimum atomic E-state index is -0.0872. The number of hydrogen-bond acceptors (Lipinski definition) is 6. The van der Waals surface area contributed by atoms with Gasteiger partial charge in [-0.15, -0.1) is 0 Å². The molecule has 1 aromatic heterocycles. The summed E-state index contributed by atoms with van der Waals surface area (Å²) in [4.78, 5) is 8.20. The number of nitrogens with zero attached hydrogens (tertiary/aromatic N) is 2. The summed E-state index contributed by atoms with van der Waals surface area (Å²) in [6, 6.07) is 5.48. The van der Waals surface area contributed by atoms with Gasteiger partial charge in [0, 0.05) is 17.8 Å². The maximum absolute atomic E-state index is 9.05. The molecule has 0 fully saturated rings. The maximum Gasteiger partial charge on any atom is 0.322 e. The first kappa shape index (κ1) is 11.7. The van der Waals surface area contributed by atoms with Gasteiger partial charge in [-0.3, -0.25) is 0 Å². The molecule has 1 aromatic carbocycles. The van der Waals surface area contributed by atoms with Crippen LogP contribution in [0.4, 0.5) is 0 Å². The number of aromatic nitrogens is 2. The molecule has 1 aliphatic heterocycles. The number of benzene rings is 1. The van der Waals surface area contributed by atoms with Crippen LogP contribution in [-0.4, -0.2) is 21.9 Å². The molecule has 0 saturated heterocycles. The Hall–Kier alpha value is -2.34. The molecule has 6 heteroatoms. The molecule has 2 aromatic rings. The van der Waals surface area contributed by atoms with Crippen molar-refractivity contribution in [2.24, 2.45) is 0 Å². The largest absolute Gasteiger partial charge is 0.454 e. The molecule has 98 valence electrons. The van der Waals surface area contributed by atoms with E-state index in [9.17, 15) is 0 Å². The average molecular weight is 260 g/mol. The minimum Gasteiger partial charge on any atom is -0.454 e. The van der Waals surface area contributed by atoms with E-state index in [1.165, 1.54) is 0 Å². The third-order valence-electron chi connectivity index (χ3n) is 2.78. The summed E-state index contributed by atoms with van der Waals surface area (Å²) >= 11 is 0. The molecule has 0 unspecified atom stereocenters. The van der Waals surface area contributed by atoms with E-state index in [4.69, 9.17) is 19.3 Å². The summed E-state index contributed by atoms with van der Waals surface area (Å²) in [5.74, 6) is 1.90. The summed E-state index contributed by atoms with van der Waals surface area (Å²) in [5.41, 5.74) is 1.37. The zero-order valence-corrected chi connectivity index (χ0v) is 10.3. The molecule has 0 radical (unpaired) electrons. The molecule has 6 nitrogen and oxygen atoms in total. The Morgan fingerprint density at radius 3 is 2.95 bits per heavy atom. The van der Waals surface area contributed by atoms with Crippen molar-refractivity contribution < 1.29 is 19.3 Å². The molecule has 19 heavy (non-hydrogen) atoms. The van der Waals surface area contributed by atoms with Crippen molar-refractivity contribution in [3.05, 3.63) is 35.7 Å². The molecule has 0 atom stereocenters. The van der Waals surface area contributed by atoms with Crippen LogP contribution in [0.2, 0.25) is 0 Å². The van der Waals surface area contributed by atoms with Gasteiger partial charge in [-0.2, -0.15) is 4.98 Å². The van der Waals surface area contributed by atoms with E-state index in [1.807, 2.05) is 0 Å². The lowest BCUT2D eigenvalue weighted by atomic mass is 10.3. The predicted octanol–water partition coefficient (Wildman–Crippen LogP) is 1.80. The van der Waals surface area contributed by atoms with Gasteiger partial charge >= 0.3 is 6.01 Å². The third kappa shape index (κ3) is 2.30. The Morgan fingerprint density at radius 1 is 1.32 bits per heavy atom. The van der Waals surface area contributed by atoms with Crippen LogP contribution in [0.15, 0.2) is 24.4 Å². The van der Waals surface area contributed by atoms with Crippen LogP contribution in [0, 0.1) is 6.92 Å². The lowest BCUT2D eigenvalue weighted by Gasteiger charge is -2.06. The van der Waals surface area contributed by atoms with Crippen molar-refractivity contribution in [1.82, 2.24) is 9.97 Å². The highest BCUT2D eigenvalue weighted by atomic mass is 16.7. The van der Waals surface area contributed by atoms with Gasteiger partial charge < -0.3 is 19.3 Å². The van der Waals surface area contributed by atoms with Crippen LogP contribution in [0.1, 0.15) is 11.3 Å². The average Bonchev–Trinajstić information content (AvgIpc) is 2.86. The van der Waals surface area contributed by atoms with Crippen molar-refractivity contribution in [3.63, 3.8) is 0 Å². The van der Waals surface area contributed by atoms with E-state index in [0.717, 1.165) is 0 Å². The van der Waals surface area contributed by atoms with Gasteiger partial charge in [-0.25, -0.2) is 4.98 Å². The Morgan fingerprint density at radius 2 is 2.16 bits per heavy atom. The first-order valence-electron chi connectivity index (χ1n) is 5.77. The van der Waals surface area contributed by atoms with Gasteiger partial charge in [-0.1, -0.05) is 0 Å². The summed E-state index contributed by atoms with van der Waals surface area (Å²) in [6.07, 6.45) is 1.55. The minimum absolute atomic E-state index is 0.0872. The Bertz CT molecular complexity index is 616. The Kier molecular flexibility index (Phi) is 2.92. The van der Waals surface area contributed by atoms with E-state index >= 15 is 0 Å². The first-order valence-corrected chi connectivity index (χ1v) is 5.77. The number of hydrogen-bond donors (Lipinski definition) is 1. The van der Waals surface area contributed by atoms with Crippen LogP contribution in [0.3, 0.4) is 0 Å². The Labute approximate surface area is 109 Å². The van der Waals surface area contributed by atoms with Crippen molar-refractivity contribution >= 4 is 0 Å². The normalized spacial score (nSPS) is 12.5. The smallest absolute Gasteiger partial charge is 0.322 e. The lowest BCUT2D eigenvalue weighted by Crippen LogP contribution is -1.98. The molecule has 3 rings (SSSR count). The van der Waals surface area contributed by atoms with E-state index < -0.39 is 0 Å². The number of ether oxygens (including phenoxy) is 3. The maximum atomic E-state index is 9.05. The number of aliphatic hydroxyl groups is 1. The first-order chi connectivity index (χ1) is 9.26. The quantitative estimate of drug-likeness (QED) is 0.907. The van der Waals surface area contributed by atoms with Crippen LogP contribution in [-0.2, 0) is 6.61 Å². The summed E-state index contributed by atoms with van der Waals surface area (Å²) in [5, 5.41) is 9.05. The second-order valence-electron chi connectivity index (χ2n) is 4.04. The van der Waals surface area contributed by atoms with Gasteiger partial charge in [0.25, 0.3) is 0 Å². The van der Waals surface area contributed by atoms with Crippen molar-refractivity contribution in [2.75, 3.05) is 6.79 Å². The van der Waals surface area contributed by atoms with Crippen LogP contribution in [0.25, 0.3) is 0 Å². The fourth-order valence-corrected chi connectivity index (χ4v) is 1.72. The topological polar surface area (TPSA) is 73.7 Å². The molecule has 0 amide bonds. The van der Waals surface area contributed by atoms with Crippen molar-refractivity contribution in [1.29, 1.82) is 0 Å². The second kappa shape index (κ2) is 4.74. The number of fused-ring (bicyclic) bond motifs is 1. The highest BCUT2D eigenvalue weighted by Crippen LogP contribution is 2.36. The lowest BCUT2D eigenvalue weighted by molar-refractivity contribution is 0.174. The fraction of sp³-hybridized carbons (Fsp3) is 0.231. The zero-order valence-electron chi connectivity index (χ0n) is 10.3. The number of aryl methyl sites for hydroxylation is 1. The summed E-state index contributed by atoms with van der Waals surface area (Å²) < 4.78 is 16.0. The van der Waals surface area contributed by atoms with E-state index in [1.54, 1.807) is 31.3 Å². The standard InChI is InChI=1S/C13H12N2O4/c1-8-9(6-16)5-14-13(15-8)19-10-2-3-11-12(4-10)18-7-17-11/h2-5,16H,6-7H2,1H3. The van der Waals surface area contributed by atoms with Gasteiger partial charge in [0.15, 0.2) is 11.5 Å². The van der Waals surface area contributed by atoms with Gasteiger partial charge in [0.1, 0.15) is 5.75 Å². The monoisotopic (exact) mass is 260 g/mol.